The monoisotopic (exact) mass is 220 g/mol. The molecule has 0 aliphatic heterocycles. The molecule has 0 aliphatic carbocycles. The maximum absolute atomic E-state index is 11.5. The molecule has 88 valence electrons. The van der Waals surface area contributed by atoms with Gasteiger partial charge in [-0.2, -0.15) is 0 Å². The third-order valence-electron chi connectivity index (χ3n) is 2.89. The maximum atomic E-state index is 11.5. The molecular weight excluding hydrogens is 200 g/mol. The van der Waals surface area contributed by atoms with Gasteiger partial charge in [-0.05, 0) is 24.5 Å². The molecule has 0 N–H and O–H groups in total. The molecular formula is C14H20O2. The number of carbonyl (C=O) groups is 1. The highest BCUT2D eigenvalue weighted by molar-refractivity contribution is 5.72. The van der Waals surface area contributed by atoms with Crippen molar-refractivity contribution in [2.45, 2.75) is 39.5 Å². The van der Waals surface area contributed by atoms with Crippen LogP contribution in [0, 0.1) is 5.92 Å². The molecule has 1 rings (SSSR count). The van der Waals surface area contributed by atoms with E-state index in [0.717, 1.165) is 19.3 Å². The van der Waals surface area contributed by atoms with Crippen LogP contribution in [0.25, 0.3) is 0 Å². The fourth-order valence-electron chi connectivity index (χ4n) is 1.69. The first-order valence-corrected chi connectivity index (χ1v) is 6.02. The molecule has 0 atom stereocenters. The Kier molecular flexibility index (Phi) is 5.62. The molecule has 1 aromatic rings. The van der Waals surface area contributed by atoms with E-state index in [4.69, 9.17) is 4.74 Å². The highest BCUT2D eigenvalue weighted by Gasteiger charge is 2.09. The third kappa shape index (κ3) is 4.47. The molecule has 0 saturated carbocycles. The average molecular weight is 220 g/mol. The van der Waals surface area contributed by atoms with Crippen LogP contribution in [0.3, 0.4) is 0 Å². The molecule has 0 amide bonds. The summed E-state index contributed by atoms with van der Waals surface area (Å²) < 4.78 is 5.21. The average Bonchev–Trinajstić information content (AvgIpc) is 2.31. The molecule has 0 radical (unpaired) electrons. The van der Waals surface area contributed by atoms with E-state index in [1.54, 1.807) is 12.1 Å². The number of esters is 1. The highest BCUT2D eigenvalue weighted by Crippen LogP contribution is 2.16. The molecule has 0 aromatic heterocycles. The van der Waals surface area contributed by atoms with Gasteiger partial charge in [-0.15, -0.1) is 0 Å². The van der Waals surface area contributed by atoms with Crippen molar-refractivity contribution in [3.63, 3.8) is 0 Å². The van der Waals surface area contributed by atoms with Gasteiger partial charge >= 0.3 is 5.97 Å². The van der Waals surface area contributed by atoms with Crippen LogP contribution >= 0.6 is 0 Å². The van der Waals surface area contributed by atoms with Crippen molar-refractivity contribution in [1.82, 2.24) is 0 Å². The van der Waals surface area contributed by atoms with Gasteiger partial charge in [0.15, 0.2) is 0 Å². The van der Waals surface area contributed by atoms with Crippen molar-refractivity contribution in [3.05, 3.63) is 30.3 Å². The van der Waals surface area contributed by atoms with Crippen LogP contribution in [-0.4, -0.2) is 5.97 Å². The summed E-state index contributed by atoms with van der Waals surface area (Å²) in [7, 11) is 0. The number of carbonyl (C=O) groups excluding carboxylic acids is 1. The lowest BCUT2D eigenvalue weighted by Crippen LogP contribution is -2.10. The zero-order valence-electron chi connectivity index (χ0n) is 10.1. The Balaban J connectivity index is 2.31. The van der Waals surface area contributed by atoms with E-state index in [1.165, 1.54) is 0 Å². The van der Waals surface area contributed by atoms with E-state index in [1.807, 2.05) is 18.2 Å². The Morgan fingerprint density at radius 3 is 2.38 bits per heavy atom. The zero-order chi connectivity index (χ0) is 11.8. The van der Waals surface area contributed by atoms with Gasteiger partial charge in [0.05, 0.1) is 0 Å². The van der Waals surface area contributed by atoms with Crippen LogP contribution < -0.4 is 4.74 Å². The van der Waals surface area contributed by atoms with Crippen molar-refractivity contribution in [3.8, 4) is 5.75 Å². The molecule has 0 heterocycles. The Morgan fingerprint density at radius 2 is 1.81 bits per heavy atom. The molecule has 0 spiro atoms. The minimum absolute atomic E-state index is 0.127. The number of ether oxygens (including phenoxy) is 1. The molecule has 2 heteroatoms. The number of rotatable bonds is 6. The quantitative estimate of drug-likeness (QED) is 0.538. The lowest BCUT2D eigenvalue weighted by atomic mass is 9.98. The fraction of sp³-hybridized carbons (Fsp3) is 0.500. The summed E-state index contributed by atoms with van der Waals surface area (Å²) in [5.41, 5.74) is 0. The van der Waals surface area contributed by atoms with E-state index in [2.05, 4.69) is 13.8 Å². The van der Waals surface area contributed by atoms with Crippen LogP contribution in [0.2, 0.25) is 0 Å². The molecule has 0 fully saturated rings. The van der Waals surface area contributed by atoms with Crippen LogP contribution in [0.5, 0.6) is 5.75 Å². The van der Waals surface area contributed by atoms with Gasteiger partial charge in [0.1, 0.15) is 5.75 Å². The molecule has 0 bridgehead atoms. The Labute approximate surface area is 97.6 Å². The molecule has 1 aromatic carbocycles. The zero-order valence-corrected chi connectivity index (χ0v) is 10.1. The van der Waals surface area contributed by atoms with Crippen molar-refractivity contribution in [1.29, 1.82) is 0 Å². The first-order chi connectivity index (χ1) is 7.76. The van der Waals surface area contributed by atoms with Crippen molar-refractivity contribution < 1.29 is 9.53 Å². The van der Waals surface area contributed by atoms with Crippen LogP contribution in [-0.2, 0) is 4.79 Å². The maximum Gasteiger partial charge on any atom is 0.311 e. The first kappa shape index (κ1) is 12.8. The Bertz CT molecular complexity index is 302. The molecule has 0 saturated heterocycles. The fourth-order valence-corrected chi connectivity index (χ4v) is 1.69. The number of para-hydroxylation sites is 1. The summed E-state index contributed by atoms with van der Waals surface area (Å²) >= 11 is 0. The van der Waals surface area contributed by atoms with E-state index >= 15 is 0 Å². The van der Waals surface area contributed by atoms with Crippen molar-refractivity contribution in [2.75, 3.05) is 0 Å². The summed E-state index contributed by atoms with van der Waals surface area (Å²) in [5, 5.41) is 0. The van der Waals surface area contributed by atoms with Gasteiger partial charge in [0.2, 0.25) is 0 Å². The summed E-state index contributed by atoms with van der Waals surface area (Å²) in [6, 6.07) is 9.23. The van der Waals surface area contributed by atoms with E-state index in [9.17, 15) is 4.79 Å². The molecule has 2 nitrogen and oxygen atoms in total. The lowest BCUT2D eigenvalue weighted by molar-refractivity contribution is -0.134. The van der Waals surface area contributed by atoms with Crippen LogP contribution in [0.1, 0.15) is 39.5 Å². The van der Waals surface area contributed by atoms with Gasteiger partial charge in [-0.3, -0.25) is 4.79 Å². The van der Waals surface area contributed by atoms with Crippen LogP contribution in [0.15, 0.2) is 30.3 Å². The minimum Gasteiger partial charge on any atom is -0.427 e. The third-order valence-corrected chi connectivity index (χ3v) is 2.89. The standard InChI is InChI=1S/C14H20O2/c1-3-12(4-2)10-11-14(15)16-13-8-6-5-7-9-13/h5-9,12H,3-4,10-11H2,1-2H3. The second-order valence-corrected chi connectivity index (χ2v) is 4.01. The predicted molar refractivity (Wildman–Crippen MR) is 65.4 cm³/mol. The van der Waals surface area contributed by atoms with Gasteiger partial charge in [-0.25, -0.2) is 0 Å². The van der Waals surface area contributed by atoms with Gasteiger partial charge < -0.3 is 4.74 Å². The van der Waals surface area contributed by atoms with Crippen molar-refractivity contribution >= 4 is 5.97 Å². The SMILES string of the molecule is CCC(CC)CCC(=O)Oc1ccccc1. The van der Waals surface area contributed by atoms with E-state index in [-0.39, 0.29) is 5.97 Å². The van der Waals surface area contributed by atoms with E-state index < -0.39 is 0 Å². The summed E-state index contributed by atoms with van der Waals surface area (Å²) in [6.45, 7) is 4.33. The number of benzene rings is 1. The topological polar surface area (TPSA) is 26.3 Å². The largest absolute Gasteiger partial charge is 0.427 e. The smallest absolute Gasteiger partial charge is 0.311 e. The van der Waals surface area contributed by atoms with Gasteiger partial charge in [0, 0.05) is 6.42 Å². The van der Waals surface area contributed by atoms with Gasteiger partial charge in [0.25, 0.3) is 0 Å². The summed E-state index contributed by atoms with van der Waals surface area (Å²) in [6.07, 6.45) is 3.71. The minimum atomic E-state index is -0.127. The first-order valence-electron chi connectivity index (χ1n) is 6.02. The summed E-state index contributed by atoms with van der Waals surface area (Å²) in [5.74, 6) is 1.15. The molecule has 0 aliphatic rings. The normalized spacial score (nSPS) is 10.4. The highest BCUT2D eigenvalue weighted by atomic mass is 16.5. The number of hydrogen-bond acceptors (Lipinski definition) is 2. The van der Waals surface area contributed by atoms with Crippen LogP contribution in [0.4, 0.5) is 0 Å². The Morgan fingerprint density at radius 1 is 1.19 bits per heavy atom. The number of hydrogen-bond donors (Lipinski definition) is 0. The van der Waals surface area contributed by atoms with Gasteiger partial charge in [-0.1, -0.05) is 44.9 Å². The molecule has 0 unspecified atom stereocenters. The predicted octanol–water partition coefficient (Wildman–Crippen LogP) is 3.81. The second-order valence-electron chi connectivity index (χ2n) is 4.01. The Hall–Kier alpha value is -1.31. The lowest BCUT2D eigenvalue weighted by Gasteiger charge is -2.11. The second kappa shape index (κ2) is 7.04. The van der Waals surface area contributed by atoms with E-state index in [0.29, 0.717) is 18.1 Å². The molecule has 16 heavy (non-hydrogen) atoms. The summed E-state index contributed by atoms with van der Waals surface area (Å²) in [4.78, 5) is 11.5. The van der Waals surface area contributed by atoms with Crippen molar-refractivity contribution in [2.24, 2.45) is 5.92 Å².